The number of guanidine groups is 1. The van der Waals surface area contributed by atoms with Crippen LogP contribution < -0.4 is 32.7 Å². The van der Waals surface area contributed by atoms with Gasteiger partial charge in [0.25, 0.3) is 0 Å². The highest BCUT2D eigenvalue weighted by Crippen LogP contribution is 2.18. The van der Waals surface area contributed by atoms with Crippen molar-refractivity contribution in [3.05, 3.63) is 0 Å². The maximum absolute atomic E-state index is 13.4. The van der Waals surface area contributed by atoms with Gasteiger partial charge in [0.1, 0.15) is 17.6 Å². The first-order valence-corrected chi connectivity index (χ1v) is 12.8. The molecule has 8 N–H and O–H groups in total. The van der Waals surface area contributed by atoms with Gasteiger partial charge in [-0.05, 0) is 39.0 Å². The summed E-state index contributed by atoms with van der Waals surface area (Å²) >= 11 is 0. The molecule has 0 saturated carbocycles. The number of nitrogens with one attached hydrogen (secondary N) is 4. The topological polar surface area (TPSA) is 181 Å². The van der Waals surface area contributed by atoms with Gasteiger partial charge < -0.3 is 32.7 Å². The van der Waals surface area contributed by atoms with Gasteiger partial charge in [-0.2, -0.15) is 0 Å². The fourth-order valence-electron chi connectivity index (χ4n) is 3.83. The van der Waals surface area contributed by atoms with E-state index in [9.17, 15) is 19.2 Å². The van der Waals surface area contributed by atoms with E-state index in [4.69, 9.17) is 11.5 Å². The van der Waals surface area contributed by atoms with Gasteiger partial charge >= 0.3 is 0 Å². The minimum atomic E-state index is -1.17. The molecule has 11 nitrogen and oxygen atoms in total. The lowest BCUT2D eigenvalue weighted by molar-refractivity contribution is -0.137. The Balaban J connectivity index is 3.17. The molecule has 1 saturated heterocycles. The van der Waals surface area contributed by atoms with Crippen molar-refractivity contribution in [3.8, 4) is 0 Å². The molecule has 11 heteroatoms. The molecule has 35 heavy (non-hydrogen) atoms. The lowest BCUT2D eigenvalue weighted by Gasteiger charge is -2.33. The summed E-state index contributed by atoms with van der Waals surface area (Å²) in [7, 11) is 0. The number of rotatable bonds is 7. The van der Waals surface area contributed by atoms with Crippen LogP contribution in [0.15, 0.2) is 4.99 Å². The molecule has 0 bridgehead atoms. The van der Waals surface area contributed by atoms with Crippen LogP contribution in [0.3, 0.4) is 0 Å². The van der Waals surface area contributed by atoms with Crippen molar-refractivity contribution >= 4 is 29.6 Å². The number of carbonyl (C=O) groups excluding carboxylic acids is 4. The monoisotopic (exact) mass is 495 g/mol. The number of aliphatic imine (C=N–C) groups is 1. The largest absolute Gasteiger partial charge is 0.370 e. The van der Waals surface area contributed by atoms with Crippen molar-refractivity contribution in [3.63, 3.8) is 0 Å². The van der Waals surface area contributed by atoms with E-state index in [1.54, 1.807) is 20.8 Å². The fourth-order valence-corrected chi connectivity index (χ4v) is 3.83. The van der Waals surface area contributed by atoms with Crippen molar-refractivity contribution in [2.75, 3.05) is 13.1 Å². The Morgan fingerprint density at radius 2 is 1.71 bits per heavy atom. The summed E-state index contributed by atoms with van der Waals surface area (Å²) in [6.45, 7) is 7.88. The summed E-state index contributed by atoms with van der Waals surface area (Å²) < 4.78 is 0. The van der Waals surface area contributed by atoms with Gasteiger partial charge in [0.05, 0.1) is 0 Å². The second-order valence-corrected chi connectivity index (χ2v) is 9.73. The highest BCUT2D eigenvalue weighted by atomic mass is 16.2. The van der Waals surface area contributed by atoms with Crippen LogP contribution in [0.4, 0.5) is 0 Å². The minimum Gasteiger partial charge on any atom is -0.370 e. The number of nitrogens with two attached hydrogens (primary N) is 2. The van der Waals surface area contributed by atoms with Crippen LogP contribution in [0.2, 0.25) is 0 Å². The van der Waals surface area contributed by atoms with Gasteiger partial charge in [-0.15, -0.1) is 0 Å². The van der Waals surface area contributed by atoms with E-state index in [1.165, 1.54) is 0 Å². The lowest BCUT2D eigenvalue weighted by Crippen LogP contribution is -2.61. The number of hydrogen-bond acceptors (Lipinski definition) is 5. The van der Waals surface area contributed by atoms with Gasteiger partial charge in [0, 0.05) is 19.0 Å². The zero-order chi connectivity index (χ0) is 26.4. The average molecular weight is 496 g/mol. The van der Waals surface area contributed by atoms with Gasteiger partial charge in [-0.1, -0.05) is 46.5 Å². The summed E-state index contributed by atoms with van der Waals surface area (Å²) in [5.41, 5.74) is 9.59. The predicted molar refractivity (Wildman–Crippen MR) is 136 cm³/mol. The van der Waals surface area contributed by atoms with E-state index >= 15 is 0 Å². The Bertz CT molecular complexity index is 752. The molecule has 1 rings (SSSR count). The maximum atomic E-state index is 13.4. The summed E-state index contributed by atoms with van der Waals surface area (Å²) in [6.07, 6.45) is 5.96. The molecule has 1 fully saturated rings. The summed E-state index contributed by atoms with van der Waals surface area (Å²) in [5, 5.41) is 11.4. The van der Waals surface area contributed by atoms with Gasteiger partial charge in [0.15, 0.2) is 5.96 Å². The average Bonchev–Trinajstić information content (AvgIpc) is 2.79. The Kier molecular flexibility index (Phi) is 13.1. The first-order chi connectivity index (χ1) is 16.5. The number of hydrogen-bond donors (Lipinski definition) is 6. The molecule has 1 aliphatic heterocycles. The van der Waals surface area contributed by atoms with Crippen molar-refractivity contribution in [1.82, 2.24) is 21.3 Å². The number of carbonyl (C=O) groups is 4. The molecule has 0 aliphatic carbocycles. The second-order valence-electron chi connectivity index (χ2n) is 9.73. The third-order valence-corrected chi connectivity index (χ3v) is 6.19. The van der Waals surface area contributed by atoms with Crippen LogP contribution in [0.1, 0.15) is 85.5 Å². The quantitative estimate of drug-likeness (QED) is 0.169. The van der Waals surface area contributed by atoms with Crippen LogP contribution in [-0.4, -0.2) is 60.3 Å². The first kappa shape index (κ1) is 30.2. The Morgan fingerprint density at radius 1 is 1.06 bits per heavy atom. The Morgan fingerprint density at radius 3 is 2.34 bits per heavy atom. The van der Waals surface area contributed by atoms with E-state index < -0.39 is 29.4 Å². The smallest absolute Gasteiger partial charge is 0.246 e. The predicted octanol–water partition coefficient (Wildman–Crippen LogP) is 0.421. The fraction of sp³-hybridized carbons (Fsp3) is 0.792. The molecule has 0 aromatic carbocycles. The van der Waals surface area contributed by atoms with Gasteiger partial charge in [-0.3, -0.25) is 24.2 Å². The number of nitrogens with zero attached hydrogens (tertiary/aromatic N) is 1. The summed E-state index contributed by atoms with van der Waals surface area (Å²) in [5.74, 6) is -1.71. The van der Waals surface area contributed by atoms with Crippen LogP contribution >= 0.6 is 0 Å². The van der Waals surface area contributed by atoms with E-state index in [0.717, 1.165) is 32.1 Å². The van der Waals surface area contributed by atoms with Crippen LogP contribution in [0.25, 0.3) is 0 Å². The van der Waals surface area contributed by atoms with Crippen molar-refractivity contribution in [1.29, 1.82) is 0 Å². The van der Waals surface area contributed by atoms with E-state index in [-0.39, 0.29) is 30.1 Å². The molecule has 3 unspecified atom stereocenters. The molecule has 200 valence electrons. The molecule has 0 spiro atoms. The van der Waals surface area contributed by atoms with E-state index in [0.29, 0.717) is 32.4 Å². The molecular weight excluding hydrogens is 450 g/mol. The maximum Gasteiger partial charge on any atom is 0.246 e. The summed E-state index contributed by atoms with van der Waals surface area (Å²) in [6, 6.07) is -1.62. The van der Waals surface area contributed by atoms with Gasteiger partial charge in [-0.25, -0.2) is 0 Å². The van der Waals surface area contributed by atoms with Crippen LogP contribution in [0, 0.1) is 5.92 Å². The zero-order valence-corrected chi connectivity index (χ0v) is 21.7. The highest BCUT2D eigenvalue weighted by Gasteiger charge is 2.37. The molecule has 3 atom stereocenters. The zero-order valence-electron chi connectivity index (χ0n) is 21.7. The number of amides is 4. The van der Waals surface area contributed by atoms with Crippen molar-refractivity contribution < 1.29 is 19.2 Å². The Labute approximate surface area is 209 Å². The van der Waals surface area contributed by atoms with Crippen molar-refractivity contribution in [2.45, 2.75) is 103 Å². The third-order valence-electron chi connectivity index (χ3n) is 6.19. The van der Waals surface area contributed by atoms with Gasteiger partial charge in [0.2, 0.25) is 23.6 Å². The van der Waals surface area contributed by atoms with Crippen LogP contribution in [-0.2, 0) is 19.2 Å². The molecule has 1 aliphatic rings. The third kappa shape index (κ3) is 11.0. The SMILES string of the molecule is CCC1NC(=O)C(CCCN=C(N)N)NC(=O)C(C)(NC(=O)C(C)C)CCCCCCCNC1=O. The first-order valence-electron chi connectivity index (χ1n) is 12.8. The molecular formula is C24H45N7O4. The lowest BCUT2D eigenvalue weighted by atomic mass is 9.91. The second kappa shape index (κ2) is 15.2. The molecule has 0 aromatic heterocycles. The molecule has 0 radical (unpaired) electrons. The van der Waals surface area contributed by atoms with E-state index in [1.807, 2.05) is 6.92 Å². The molecule has 0 aromatic rings. The van der Waals surface area contributed by atoms with Crippen LogP contribution in [0.5, 0.6) is 0 Å². The molecule has 4 amide bonds. The molecule has 1 heterocycles. The minimum absolute atomic E-state index is 0.0526. The standard InChI is InChI=1S/C24H45N7O4/c1-5-17-20(33)27-14-10-8-6-7-9-13-24(4,31-19(32)16(2)3)22(35)30-18(21(34)29-17)12-11-15-28-23(25)26/h16-18H,5-15H2,1-4H3,(H,27,33)(H,29,34)(H,30,35)(H,31,32)(H4,25,26,28). The normalized spacial score (nSPS) is 25.2. The van der Waals surface area contributed by atoms with Crippen molar-refractivity contribution in [2.24, 2.45) is 22.4 Å². The highest BCUT2D eigenvalue weighted by molar-refractivity contribution is 5.96. The Hall–Kier alpha value is -2.85. The van der Waals surface area contributed by atoms with E-state index in [2.05, 4.69) is 26.3 Å². The summed E-state index contributed by atoms with van der Waals surface area (Å²) in [4.78, 5) is 55.6.